The minimum atomic E-state index is -2.12. The van der Waals surface area contributed by atoms with Crippen molar-refractivity contribution in [2.45, 2.75) is 94.5 Å². The molecule has 48 heavy (non-hydrogen) atoms. The summed E-state index contributed by atoms with van der Waals surface area (Å²) in [5.74, 6) is -5.21. The lowest BCUT2D eigenvalue weighted by Gasteiger charge is -2.45. The van der Waals surface area contributed by atoms with E-state index < -0.39 is 72.8 Å². The first-order valence-corrected chi connectivity index (χ1v) is 15.2. The fourth-order valence-corrected chi connectivity index (χ4v) is 5.69. The van der Waals surface area contributed by atoms with Gasteiger partial charge in [-0.3, -0.25) is 0 Å². The molecule has 2 aliphatic heterocycles. The van der Waals surface area contributed by atoms with Gasteiger partial charge in [-0.15, -0.1) is 0 Å². The average Bonchev–Trinajstić information content (AvgIpc) is 3.03. The van der Waals surface area contributed by atoms with Crippen molar-refractivity contribution < 1.29 is 79.2 Å². The van der Waals surface area contributed by atoms with Crippen molar-refractivity contribution in [3.8, 4) is 23.0 Å². The molecule has 0 amide bonds. The number of rotatable bonds is 12. The number of ether oxygens (including phenoxy) is 5. The zero-order valence-corrected chi connectivity index (χ0v) is 26.6. The number of aliphatic hydroxyl groups is 6. The Kier molecular flexibility index (Phi) is 11.4. The van der Waals surface area contributed by atoms with Gasteiger partial charge in [0.1, 0.15) is 36.6 Å². The Morgan fingerprint density at radius 3 is 1.88 bits per heavy atom. The Balaban J connectivity index is 1.43. The minimum absolute atomic E-state index is 0.0523. The maximum Gasteiger partial charge on any atom is 0.335 e. The summed E-state index contributed by atoms with van der Waals surface area (Å²) >= 11 is 0. The van der Waals surface area contributed by atoms with Gasteiger partial charge in [-0.05, 0) is 60.1 Å². The molecule has 2 saturated heterocycles. The predicted octanol–water partition coefficient (Wildman–Crippen LogP) is -0.610. The van der Waals surface area contributed by atoms with Gasteiger partial charge in [0, 0.05) is 6.92 Å². The van der Waals surface area contributed by atoms with E-state index in [1.165, 1.54) is 26.2 Å². The molecular weight excluding hydrogens is 640 g/mol. The third-order valence-electron chi connectivity index (χ3n) is 8.83. The van der Waals surface area contributed by atoms with Crippen LogP contribution in [0.15, 0.2) is 36.4 Å². The van der Waals surface area contributed by atoms with Crippen LogP contribution in [0.2, 0.25) is 0 Å². The van der Waals surface area contributed by atoms with Crippen LogP contribution in [0, 0.1) is 11.8 Å². The molecule has 0 aromatic heterocycles. The monoisotopic (exact) mass is 682 g/mol. The largest absolute Gasteiger partial charge is 0.504 e. The number of aliphatic hydroxyl groups excluding tert-OH is 6. The zero-order valence-electron chi connectivity index (χ0n) is 26.6. The first-order valence-electron chi connectivity index (χ1n) is 15.2. The van der Waals surface area contributed by atoms with Gasteiger partial charge in [0.15, 0.2) is 35.2 Å². The van der Waals surface area contributed by atoms with Crippen LogP contribution in [0.3, 0.4) is 0 Å². The number of hydrogen-bond acceptors (Lipinski definition) is 14. The Morgan fingerprint density at radius 1 is 0.771 bits per heavy atom. The molecule has 2 unspecified atom stereocenters. The molecule has 0 bridgehead atoms. The van der Waals surface area contributed by atoms with E-state index >= 15 is 0 Å². The molecule has 16 nitrogen and oxygen atoms in total. The lowest BCUT2D eigenvalue weighted by molar-refractivity contribution is -0.322. The van der Waals surface area contributed by atoms with Crippen molar-refractivity contribution in [1.29, 1.82) is 0 Å². The second kappa shape index (κ2) is 14.8. The summed E-state index contributed by atoms with van der Waals surface area (Å²) < 4.78 is 27.3. The summed E-state index contributed by atoms with van der Waals surface area (Å²) in [5.41, 5.74) is 1.58. The Hall–Kier alpha value is -3.74. The Bertz CT molecular complexity index is 1450. The molecule has 266 valence electrons. The fraction of sp³-hybridized carbons (Fsp3) is 0.562. The highest BCUT2D eigenvalue weighted by atomic mass is 16.7. The van der Waals surface area contributed by atoms with Crippen molar-refractivity contribution >= 4 is 11.9 Å². The Labute approximate surface area is 275 Å². The van der Waals surface area contributed by atoms with E-state index in [1.807, 2.05) is 13.8 Å². The van der Waals surface area contributed by atoms with E-state index in [0.717, 1.165) is 11.1 Å². The third kappa shape index (κ3) is 7.76. The van der Waals surface area contributed by atoms with E-state index in [1.54, 1.807) is 24.3 Å². The van der Waals surface area contributed by atoms with Gasteiger partial charge in [-0.2, -0.15) is 0 Å². The normalized spacial score (nSPS) is 33.3. The van der Waals surface area contributed by atoms with Crippen LogP contribution in [0.4, 0.5) is 0 Å². The van der Waals surface area contributed by atoms with Crippen LogP contribution in [-0.4, -0.2) is 126 Å². The lowest BCUT2D eigenvalue weighted by atomic mass is 9.85. The molecule has 16 heteroatoms. The SMILES string of the molecule is COc1cc(CC(C)C(C)Cc2ccc(O)c(O[C@]3(C)O[C@H](C(=O)O)[C@@H](O)[C@H](O)[C@H]3O)c2)ccc1O[C@@H]1O[C@H](C(=O)O)[C@@H](O)[C@H](O)[C@H]1O. The van der Waals surface area contributed by atoms with Gasteiger partial charge in [0.25, 0.3) is 0 Å². The van der Waals surface area contributed by atoms with E-state index in [4.69, 9.17) is 23.7 Å². The molecule has 0 spiro atoms. The van der Waals surface area contributed by atoms with Crippen LogP contribution in [-0.2, 0) is 31.9 Å². The summed E-state index contributed by atoms with van der Waals surface area (Å²) in [6.07, 6.45) is -15.3. The molecular formula is C32H42O16. The topological polar surface area (TPSA) is 262 Å². The van der Waals surface area contributed by atoms with Crippen LogP contribution >= 0.6 is 0 Å². The van der Waals surface area contributed by atoms with Gasteiger partial charge in [0.05, 0.1) is 7.11 Å². The van der Waals surface area contributed by atoms with Gasteiger partial charge >= 0.3 is 11.9 Å². The highest BCUT2D eigenvalue weighted by Gasteiger charge is 2.55. The quantitative estimate of drug-likeness (QED) is 0.135. The second-order valence-corrected chi connectivity index (χ2v) is 12.4. The predicted molar refractivity (Wildman–Crippen MR) is 161 cm³/mol. The summed E-state index contributed by atoms with van der Waals surface area (Å²) in [7, 11) is 1.39. The summed E-state index contributed by atoms with van der Waals surface area (Å²) in [4.78, 5) is 23.0. The fourth-order valence-electron chi connectivity index (χ4n) is 5.69. The van der Waals surface area contributed by atoms with Crippen LogP contribution in [0.1, 0.15) is 31.9 Å². The number of phenolic OH excluding ortho intramolecular Hbond substituents is 1. The molecule has 0 aliphatic carbocycles. The third-order valence-corrected chi connectivity index (χ3v) is 8.83. The molecule has 0 saturated carbocycles. The number of benzene rings is 2. The van der Waals surface area contributed by atoms with Crippen molar-refractivity contribution in [1.82, 2.24) is 0 Å². The zero-order chi connectivity index (χ0) is 35.7. The molecule has 2 fully saturated rings. The average molecular weight is 683 g/mol. The number of carbonyl (C=O) groups is 2. The second-order valence-electron chi connectivity index (χ2n) is 12.4. The van der Waals surface area contributed by atoms with Gasteiger partial charge < -0.3 is 69.6 Å². The van der Waals surface area contributed by atoms with Crippen molar-refractivity contribution in [3.05, 3.63) is 47.5 Å². The summed E-state index contributed by atoms with van der Waals surface area (Å²) in [6.45, 7) is 5.23. The van der Waals surface area contributed by atoms with E-state index in [0.29, 0.717) is 12.8 Å². The minimum Gasteiger partial charge on any atom is -0.504 e. The summed E-state index contributed by atoms with van der Waals surface area (Å²) in [5, 5.41) is 90.2. The van der Waals surface area contributed by atoms with Crippen molar-refractivity contribution in [2.24, 2.45) is 11.8 Å². The number of methoxy groups -OCH3 is 1. The molecule has 4 rings (SSSR count). The number of aliphatic carboxylic acids is 2. The lowest BCUT2D eigenvalue weighted by Crippen LogP contribution is -2.66. The molecule has 12 atom stereocenters. The maximum atomic E-state index is 11.5. The molecule has 2 aromatic carbocycles. The molecule has 2 heterocycles. The molecule has 0 radical (unpaired) electrons. The molecule has 2 aromatic rings. The number of carboxylic acid groups (broad SMARTS) is 2. The Morgan fingerprint density at radius 2 is 1.31 bits per heavy atom. The van der Waals surface area contributed by atoms with Gasteiger partial charge in [-0.25, -0.2) is 9.59 Å². The highest BCUT2D eigenvalue weighted by molar-refractivity contribution is 5.74. The van der Waals surface area contributed by atoms with E-state index in [9.17, 15) is 55.5 Å². The van der Waals surface area contributed by atoms with Crippen molar-refractivity contribution in [2.75, 3.05) is 7.11 Å². The first-order chi connectivity index (χ1) is 22.5. The number of aromatic hydroxyl groups is 1. The van der Waals surface area contributed by atoms with Gasteiger partial charge in [0.2, 0.25) is 12.1 Å². The van der Waals surface area contributed by atoms with Crippen LogP contribution in [0.5, 0.6) is 23.0 Å². The van der Waals surface area contributed by atoms with E-state index in [2.05, 4.69) is 0 Å². The number of hydrogen-bond donors (Lipinski definition) is 9. The molecule has 9 N–H and O–H groups in total. The van der Waals surface area contributed by atoms with E-state index in [-0.39, 0.29) is 34.8 Å². The maximum absolute atomic E-state index is 11.5. The van der Waals surface area contributed by atoms with Crippen molar-refractivity contribution in [3.63, 3.8) is 0 Å². The highest BCUT2D eigenvalue weighted by Crippen LogP contribution is 2.38. The van der Waals surface area contributed by atoms with Gasteiger partial charge in [-0.1, -0.05) is 26.0 Å². The standard InChI is InChI=1S/C32H42O16/c1-13(9-15-5-7-17(33)19(11-15)47-32(3)28(39)24(37)23(36)27(48-32)30(42)43)14(2)10-16-6-8-18(20(12-16)44-4)45-31-25(38)21(34)22(35)26(46-31)29(40)41/h5-8,11-14,21-28,31,33-39H,9-10H2,1-4H3,(H,40,41)(H,42,43)/t13?,14?,21-,22-,23-,24-,25+,26-,27-,28+,31+,32+/m0/s1. The van der Waals surface area contributed by atoms with Crippen LogP contribution < -0.4 is 14.2 Å². The van der Waals surface area contributed by atoms with Crippen LogP contribution in [0.25, 0.3) is 0 Å². The smallest absolute Gasteiger partial charge is 0.335 e. The molecule has 2 aliphatic rings. The first kappa shape index (κ1) is 37.1. The number of phenols is 1. The number of carboxylic acids is 2. The summed E-state index contributed by atoms with van der Waals surface area (Å²) in [6, 6.07) is 9.54.